The minimum atomic E-state index is 0.00656. The highest BCUT2D eigenvalue weighted by Crippen LogP contribution is 2.40. The first kappa shape index (κ1) is 16.9. The minimum Gasteiger partial charge on any atom is -0.342 e. The van der Waals surface area contributed by atoms with Gasteiger partial charge in [-0.05, 0) is 45.4 Å². The Balaban J connectivity index is 1.68. The number of rotatable bonds is 2. The molecular weight excluding hydrogens is 304 g/mol. The van der Waals surface area contributed by atoms with Crippen molar-refractivity contribution in [1.29, 1.82) is 0 Å². The van der Waals surface area contributed by atoms with Gasteiger partial charge in [0.2, 0.25) is 5.91 Å². The molecule has 3 rings (SSSR count). The second-order valence-electron chi connectivity index (χ2n) is 7.13. The van der Waals surface area contributed by atoms with E-state index in [1.807, 2.05) is 30.6 Å². The molecule has 0 saturated carbocycles. The maximum absolute atomic E-state index is 12.8. The van der Waals surface area contributed by atoms with E-state index < -0.39 is 0 Å². The largest absolute Gasteiger partial charge is 0.342 e. The topological polar surface area (TPSA) is 66.4 Å². The van der Waals surface area contributed by atoms with Gasteiger partial charge in [0.1, 0.15) is 12.0 Å². The summed E-state index contributed by atoms with van der Waals surface area (Å²) in [5.41, 5.74) is 2.43. The predicted octanol–water partition coefficient (Wildman–Crippen LogP) is 1.96. The average molecular weight is 330 g/mol. The zero-order valence-corrected chi connectivity index (χ0v) is 14.8. The van der Waals surface area contributed by atoms with Gasteiger partial charge < -0.3 is 9.80 Å². The third-order valence-electron chi connectivity index (χ3n) is 5.78. The van der Waals surface area contributed by atoms with Crippen LogP contribution >= 0.6 is 0 Å². The van der Waals surface area contributed by atoms with Gasteiger partial charge in [0.15, 0.2) is 0 Å². The van der Waals surface area contributed by atoms with E-state index in [2.05, 4.69) is 9.97 Å². The van der Waals surface area contributed by atoms with Crippen LogP contribution in [0.15, 0.2) is 6.33 Å². The molecule has 0 unspecified atom stereocenters. The highest BCUT2D eigenvalue weighted by atomic mass is 16.2. The molecular formula is C18H26N4O2. The number of aromatic nitrogens is 2. The SMILES string of the molecule is CCN1CC2(CCC1=O)CCN(C(=O)c1ncnc(C)c1C)CC2. The van der Waals surface area contributed by atoms with Gasteiger partial charge in [0.05, 0.1) is 0 Å². The van der Waals surface area contributed by atoms with Crippen molar-refractivity contribution < 1.29 is 9.59 Å². The monoisotopic (exact) mass is 330 g/mol. The van der Waals surface area contributed by atoms with Gasteiger partial charge in [0, 0.05) is 43.9 Å². The Morgan fingerprint density at radius 1 is 1.21 bits per heavy atom. The fourth-order valence-corrected chi connectivity index (χ4v) is 3.89. The number of piperidine rings is 2. The second kappa shape index (κ2) is 6.49. The van der Waals surface area contributed by atoms with Crippen molar-refractivity contribution >= 4 is 11.8 Å². The van der Waals surface area contributed by atoms with Gasteiger partial charge in [-0.3, -0.25) is 9.59 Å². The molecule has 0 aliphatic carbocycles. The van der Waals surface area contributed by atoms with E-state index in [1.54, 1.807) is 0 Å². The van der Waals surface area contributed by atoms with Crippen molar-refractivity contribution in [2.24, 2.45) is 5.41 Å². The molecule has 130 valence electrons. The second-order valence-corrected chi connectivity index (χ2v) is 7.13. The number of hydrogen-bond acceptors (Lipinski definition) is 4. The number of carbonyl (C=O) groups is 2. The maximum Gasteiger partial charge on any atom is 0.272 e. The standard InChI is InChI=1S/C18H26N4O2/c1-4-21-11-18(6-5-15(21)23)7-9-22(10-8-18)17(24)16-13(2)14(3)19-12-20-16/h12H,4-11H2,1-3H3. The molecule has 0 N–H and O–H groups in total. The molecule has 2 amide bonds. The molecule has 0 radical (unpaired) electrons. The van der Waals surface area contributed by atoms with Crippen LogP contribution in [0.3, 0.4) is 0 Å². The number of carbonyl (C=O) groups excluding carboxylic acids is 2. The van der Waals surface area contributed by atoms with Crippen LogP contribution in [0.5, 0.6) is 0 Å². The molecule has 0 bridgehead atoms. The lowest BCUT2D eigenvalue weighted by atomic mass is 9.72. The van der Waals surface area contributed by atoms with Gasteiger partial charge in [0.25, 0.3) is 5.91 Å². The third kappa shape index (κ3) is 3.01. The normalized spacial score (nSPS) is 20.5. The van der Waals surface area contributed by atoms with Crippen LogP contribution in [0.1, 0.15) is 54.4 Å². The zero-order chi connectivity index (χ0) is 17.3. The van der Waals surface area contributed by atoms with Crippen LogP contribution in [0.2, 0.25) is 0 Å². The van der Waals surface area contributed by atoms with Crippen molar-refractivity contribution in [2.75, 3.05) is 26.2 Å². The van der Waals surface area contributed by atoms with Crippen molar-refractivity contribution in [2.45, 2.75) is 46.5 Å². The van der Waals surface area contributed by atoms with E-state index in [0.29, 0.717) is 12.1 Å². The Morgan fingerprint density at radius 3 is 2.58 bits per heavy atom. The highest BCUT2D eigenvalue weighted by Gasteiger charge is 2.41. The van der Waals surface area contributed by atoms with E-state index in [0.717, 1.165) is 56.7 Å². The third-order valence-corrected chi connectivity index (χ3v) is 5.78. The number of nitrogens with zero attached hydrogens (tertiary/aromatic N) is 4. The number of likely N-dealkylation sites (tertiary alicyclic amines) is 2. The van der Waals surface area contributed by atoms with E-state index in [9.17, 15) is 9.59 Å². The van der Waals surface area contributed by atoms with Crippen LogP contribution in [-0.2, 0) is 4.79 Å². The van der Waals surface area contributed by atoms with E-state index in [-0.39, 0.29) is 17.2 Å². The smallest absolute Gasteiger partial charge is 0.272 e. The van der Waals surface area contributed by atoms with Crippen LogP contribution in [-0.4, -0.2) is 57.8 Å². The van der Waals surface area contributed by atoms with Gasteiger partial charge in [-0.2, -0.15) is 0 Å². The fourth-order valence-electron chi connectivity index (χ4n) is 3.89. The highest BCUT2D eigenvalue weighted by molar-refractivity contribution is 5.93. The van der Waals surface area contributed by atoms with Gasteiger partial charge in [-0.1, -0.05) is 0 Å². The quantitative estimate of drug-likeness (QED) is 0.831. The van der Waals surface area contributed by atoms with Crippen molar-refractivity contribution in [1.82, 2.24) is 19.8 Å². The van der Waals surface area contributed by atoms with Gasteiger partial charge in [-0.25, -0.2) is 9.97 Å². The zero-order valence-electron chi connectivity index (χ0n) is 14.8. The van der Waals surface area contributed by atoms with Crippen molar-refractivity contribution in [3.63, 3.8) is 0 Å². The lowest BCUT2D eigenvalue weighted by Gasteiger charge is -2.47. The Morgan fingerprint density at radius 2 is 1.92 bits per heavy atom. The molecule has 1 aromatic heterocycles. The average Bonchev–Trinajstić information content (AvgIpc) is 2.60. The van der Waals surface area contributed by atoms with Gasteiger partial charge in [-0.15, -0.1) is 0 Å². The summed E-state index contributed by atoms with van der Waals surface area (Å²) in [6.07, 6.45) is 4.99. The first-order chi connectivity index (χ1) is 11.5. The molecule has 6 nitrogen and oxygen atoms in total. The Hall–Kier alpha value is -1.98. The Kier molecular flexibility index (Phi) is 4.56. The fraction of sp³-hybridized carbons (Fsp3) is 0.667. The predicted molar refractivity (Wildman–Crippen MR) is 90.6 cm³/mol. The number of hydrogen-bond donors (Lipinski definition) is 0. The molecule has 2 saturated heterocycles. The molecule has 1 spiro atoms. The van der Waals surface area contributed by atoms with E-state index in [4.69, 9.17) is 0 Å². The van der Waals surface area contributed by atoms with Crippen LogP contribution < -0.4 is 0 Å². The van der Waals surface area contributed by atoms with E-state index in [1.165, 1.54) is 6.33 Å². The van der Waals surface area contributed by atoms with Crippen LogP contribution in [0.4, 0.5) is 0 Å². The summed E-state index contributed by atoms with van der Waals surface area (Å²) in [5.74, 6) is 0.279. The molecule has 6 heteroatoms. The van der Waals surface area contributed by atoms with Crippen LogP contribution in [0, 0.1) is 19.3 Å². The first-order valence-corrected chi connectivity index (χ1v) is 8.81. The van der Waals surface area contributed by atoms with Crippen molar-refractivity contribution in [3.05, 3.63) is 23.3 Å². The molecule has 2 fully saturated rings. The Bertz CT molecular complexity index is 650. The summed E-state index contributed by atoms with van der Waals surface area (Å²) < 4.78 is 0. The van der Waals surface area contributed by atoms with E-state index >= 15 is 0 Å². The lowest BCUT2D eigenvalue weighted by Crippen LogP contribution is -2.52. The summed E-state index contributed by atoms with van der Waals surface area (Å²) in [4.78, 5) is 36.9. The van der Waals surface area contributed by atoms with Gasteiger partial charge >= 0.3 is 0 Å². The molecule has 2 aliphatic rings. The summed E-state index contributed by atoms with van der Waals surface area (Å²) >= 11 is 0. The molecule has 0 aromatic carbocycles. The Labute approximate surface area is 143 Å². The summed E-state index contributed by atoms with van der Waals surface area (Å²) in [5, 5.41) is 0. The number of aryl methyl sites for hydroxylation is 1. The first-order valence-electron chi connectivity index (χ1n) is 8.81. The molecule has 1 aromatic rings. The molecule has 3 heterocycles. The lowest BCUT2D eigenvalue weighted by molar-refractivity contribution is -0.138. The van der Waals surface area contributed by atoms with Crippen molar-refractivity contribution in [3.8, 4) is 0 Å². The maximum atomic E-state index is 12.8. The summed E-state index contributed by atoms with van der Waals surface area (Å²) in [6, 6.07) is 0. The summed E-state index contributed by atoms with van der Waals surface area (Å²) in [7, 11) is 0. The molecule has 24 heavy (non-hydrogen) atoms. The molecule has 0 atom stereocenters. The summed E-state index contributed by atoms with van der Waals surface area (Å²) in [6.45, 7) is 8.95. The molecule has 2 aliphatic heterocycles. The number of amides is 2. The van der Waals surface area contributed by atoms with Crippen LogP contribution in [0.25, 0.3) is 0 Å². The minimum absolute atomic E-state index is 0.00656.